The van der Waals surface area contributed by atoms with Gasteiger partial charge in [-0.3, -0.25) is 4.79 Å². The maximum absolute atomic E-state index is 11.4. The van der Waals surface area contributed by atoms with E-state index in [1.807, 2.05) is 18.5 Å². The number of ether oxygens (including phenoxy) is 1. The number of hydrogen-bond donors (Lipinski definition) is 2. The van der Waals surface area contributed by atoms with Crippen LogP contribution in [-0.4, -0.2) is 57.7 Å². The number of hydrogen-bond acceptors (Lipinski definition) is 7. The van der Waals surface area contributed by atoms with Crippen molar-refractivity contribution in [2.24, 2.45) is 0 Å². The highest BCUT2D eigenvalue weighted by atomic mass is 32.2. The third kappa shape index (κ3) is 5.84. The van der Waals surface area contributed by atoms with Gasteiger partial charge in [0.1, 0.15) is 5.82 Å². The lowest BCUT2D eigenvalue weighted by atomic mass is 10.4. The quantitative estimate of drug-likeness (QED) is 0.331. The highest BCUT2D eigenvalue weighted by Crippen LogP contribution is 2.24. The fraction of sp³-hybridized carbons (Fsp3) is 0.647. The molecular formula is C17H28N6O2S. The van der Waals surface area contributed by atoms with Crippen LogP contribution in [0.3, 0.4) is 0 Å². The molecule has 2 heterocycles. The van der Waals surface area contributed by atoms with Crippen molar-refractivity contribution in [2.45, 2.75) is 45.3 Å². The molecule has 0 saturated carbocycles. The Kier molecular flexibility index (Phi) is 8.63. The number of nitrogens with zero attached hydrogens (tertiary/aromatic N) is 4. The van der Waals surface area contributed by atoms with Crippen LogP contribution in [0.5, 0.6) is 0 Å². The largest absolute Gasteiger partial charge is 0.380 e. The van der Waals surface area contributed by atoms with Gasteiger partial charge in [0.15, 0.2) is 10.8 Å². The first-order chi connectivity index (χ1) is 12.7. The molecule has 2 aromatic rings. The maximum atomic E-state index is 11.4. The highest BCUT2D eigenvalue weighted by Gasteiger charge is 2.13. The summed E-state index contributed by atoms with van der Waals surface area (Å²) in [5.41, 5.74) is 0.781. The first kappa shape index (κ1) is 20.4. The van der Waals surface area contributed by atoms with E-state index in [4.69, 9.17) is 4.74 Å². The van der Waals surface area contributed by atoms with E-state index in [1.165, 1.54) is 0 Å². The van der Waals surface area contributed by atoms with Gasteiger partial charge in [-0.05, 0) is 13.3 Å². The molecule has 0 aliphatic carbocycles. The lowest BCUT2D eigenvalue weighted by Crippen LogP contribution is -2.26. The normalized spacial score (nSPS) is 11.0. The first-order valence-corrected chi connectivity index (χ1v) is 10.1. The fourth-order valence-electron chi connectivity index (χ4n) is 2.30. The topological polar surface area (TPSA) is 94.0 Å². The lowest BCUT2D eigenvalue weighted by Gasteiger charge is -2.10. The summed E-state index contributed by atoms with van der Waals surface area (Å²) in [6.45, 7) is 9.03. The second-order valence-corrected chi connectivity index (χ2v) is 6.70. The minimum absolute atomic E-state index is 0.0357. The van der Waals surface area contributed by atoms with Crippen molar-refractivity contribution in [3.63, 3.8) is 0 Å². The van der Waals surface area contributed by atoms with Gasteiger partial charge in [-0.15, -0.1) is 0 Å². The molecule has 0 spiro atoms. The molecule has 0 unspecified atom stereocenters. The maximum Gasteiger partial charge on any atom is 0.219 e. The van der Waals surface area contributed by atoms with Gasteiger partial charge < -0.3 is 15.4 Å². The van der Waals surface area contributed by atoms with Crippen LogP contribution in [-0.2, 0) is 16.1 Å². The van der Waals surface area contributed by atoms with E-state index < -0.39 is 0 Å². The van der Waals surface area contributed by atoms with Crippen LogP contribution in [0.15, 0.2) is 11.4 Å². The zero-order chi connectivity index (χ0) is 18.8. The number of amides is 1. The van der Waals surface area contributed by atoms with Crippen LogP contribution in [0.25, 0.3) is 11.0 Å². The zero-order valence-electron chi connectivity index (χ0n) is 15.7. The Morgan fingerprint density at radius 2 is 2.12 bits per heavy atom. The molecule has 0 aliphatic heterocycles. The van der Waals surface area contributed by atoms with Gasteiger partial charge >= 0.3 is 0 Å². The summed E-state index contributed by atoms with van der Waals surface area (Å²) in [5.74, 6) is 1.77. The number of thioether (sulfide) groups is 1. The third-order valence-corrected chi connectivity index (χ3v) is 4.67. The van der Waals surface area contributed by atoms with E-state index in [0.717, 1.165) is 34.2 Å². The van der Waals surface area contributed by atoms with Gasteiger partial charge in [-0.2, -0.15) is 5.10 Å². The van der Waals surface area contributed by atoms with E-state index in [2.05, 4.69) is 32.6 Å². The number of rotatable bonds is 12. The van der Waals surface area contributed by atoms with Crippen molar-refractivity contribution < 1.29 is 9.53 Å². The smallest absolute Gasteiger partial charge is 0.219 e. The summed E-state index contributed by atoms with van der Waals surface area (Å²) < 4.78 is 7.20. The molecule has 0 fully saturated rings. The summed E-state index contributed by atoms with van der Waals surface area (Å²) in [7, 11) is 0. The molecule has 0 aromatic carbocycles. The molecule has 2 rings (SSSR count). The minimum Gasteiger partial charge on any atom is -0.380 e. The monoisotopic (exact) mass is 380 g/mol. The molecule has 9 heteroatoms. The van der Waals surface area contributed by atoms with Gasteiger partial charge in [0.05, 0.1) is 24.7 Å². The van der Waals surface area contributed by atoms with E-state index in [-0.39, 0.29) is 5.91 Å². The molecule has 0 saturated heterocycles. The van der Waals surface area contributed by atoms with Crippen LogP contribution in [0.4, 0.5) is 5.82 Å². The number of nitrogens with one attached hydrogen (secondary N) is 2. The number of aromatic nitrogens is 4. The summed E-state index contributed by atoms with van der Waals surface area (Å²) in [6, 6.07) is 0. The fourth-order valence-corrected chi connectivity index (χ4v) is 3.00. The van der Waals surface area contributed by atoms with Crippen molar-refractivity contribution >= 4 is 34.5 Å². The van der Waals surface area contributed by atoms with Crippen molar-refractivity contribution in [3.05, 3.63) is 6.20 Å². The molecular weight excluding hydrogens is 352 g/mol. The molecule has 0 bridgehead atoms. The molecule has 2 aromatic heterocycles. The van der Waals surface area contributed by atoms with Gasteiger partial charge in [-0.25, -0.2) is 14.6 Å². The number of carbonyl (C=O) groups is 1. The molecule has 0 aliphatic rings. The van der Waals surface area contributed by atoms with Crippen LogP contribution in [0.1, 0.15) is 33.6 Å². The molecule has 1 amide bonds. The van der Waals surface area contributed by atoms with Gasteiger partial charge in [0, 0.05) is 31.9 Å². The predicted molar refractivity (Wildman–Crippen MR) is 105 cm³/mol. The van der Waals surface area contributed by atoms with Crippen LogP contribution in [0.2, 0.25) is 0 Å². The summed E-state index contributed by atoms with van der Waals surface area (Å²) >= 11 is 1.63. The Balaban J connectivity index is 2.18. The Bertz CT molecular complexity index is 706. The standard InChI is InChI=1S/C17H28N6O2S/c1-4-11-26-17-21-15(19-8-10-25-6-3)13-12-20-23(16(13)22-17)9-7-18-14(24)5-2/h12H,4-11H2,1-3H3,(H,18,24)(H,19,21,22). The third-order valence-electron chi connectivity index (χ3n) is 3.62. The number of anilines is 1. The average Bonchev–Trinajstić information content (AvgIpc) is 3.06. The van der Waals surface area contributed by atoms with Crippen molar-refractivity contribution in [2.75, 3.05) is 37.4 Å². The zero-order valence-corrected chi connectivity index (χ0v) is 16.6. The Hall–Kier alpha value is -1.87. The van der Waals surface area contributed by atoms with E-state index in [1.54, 1.807) is 18.0 Å². The molecule has 8 nitrogen and oxygen atoms in total. The van der Waals surface area contributed by atoms with Crippen molar-refractivity contribution in [1.29, 1.82) is 0 Å². The summed E-state index contributed by atoms with van der Waals surface area (Å²) in [4.78, 5) is 20.7. The summed E-state index contributed by atoms with van der Waals surface area (Å²) in [5, 5.41) is 12.2. The summed E-state index contributed by atoms with van der Waals surface area (Å²) in [6.07, 6.45) is 3.31. The van der Waals surface area contributed by atoms with Gasteiger partial charge in [0.25, 0.3) is 0 Å². The Morgan fingerprint density at radius 3 is 2.85 bits per heavy atom. The van der Waals surface area contributed by atoms with E-state index in [0.29, 0.717) is 39.3 Å². The predicted octanol–water partition coefficient (Wildman–Crippen LogP) is 2.30. The highest BCUT2D eigenvalue weighted by molar-refractivity contribution is 7.99. The van der Waals surface area contributed by atoms with E-state index >= 15 is 0 Å². The minimum atomic E-state index is 0.0357. The van der Waals surface area contributed by atoms with Crippen molar-refractivity contribution in [1.82, 2.24) is 25.1 Å². The van der Waals surface area contributed by atoms with Crippen molar-refractivity contribution in [3.8, 4) is 0 Å². The first-order valence-electron chi connectivity index (χ1n) is 9.14. The second-order valence-electron chi connectivity index (χ2n) is 5.64. The van der Waals surface area contributed by atoms with Crippen LogP contribution < -0.4 is 10.6 Å². The van der Waals surface area contributed by atoms with Crippen LogP contribution >= 0.6 is 11.8 Å². The molecule has 0 radical (unpaired) electrons. The van der Waals surface area contributed by atoms with Gasteiger partial charge in [0.2, 0.25) is 5.91 Å². The molecule has 26 heavy (non-hydrogen) atoms. The number of fused-ring (bicyclic) bond motifs is 1. The van der Waals surface area contributed by atoms with Crippen LogP contribution in [0, 0.1) is 0 Å². The second kappa shape index (κ2) is 11.0. The number of carbonyl (C=O) groups excluding carboxylic acids is 1. The molecule has 0 atom stereocenters. The lowest BCUT2D eigenvalue weighted by molar-refractivity contribution is -0.120. The SMILES string of the molecule is CCCSc1nc(NCCOCC)c2cnn(CCNC(=O)CC)c2n1. The average molecular weight is 381 g/mol. The molecule has 144 valence electrons. The molecule has 2 N–H and O–H groups in total. The Labute approximate surface area is 158 Å². The Morgan fingerprint density at radius 1 is 1.27 bits per heavy atom. The van der Waals surface area contributed by atoms with E-state index in [9.17, 15) is 4.79 Å². The van der Waals surface area contributed by atoms with Gasteiger partial charge in [-0.1, -0.05) is 25.6 Å².